The first-order valence-corrected chi connectivity index (χ1v) is 44.3. The third-order valence-corrected chi connectivity index (χ3v) is 36.9. The minimum Gasteiger partial charge on any atom is -0.0791 e. The Morgan fingerprint density at radius 3 is 1.59 bits per heavy atom. The second kappa shape index (κ2) is 26.6. The van der Waals surface area contributed by atoms with Crippen LogP contribution in [-0.2, 0) is 25.7 Å². The van der Waals surface area contributed by atoms with Crippen molar-refractivity contribution in [1.29, 1.82) is 0 Å². The van der Waals surface area contributed by atoms with Crippen LogP contribution in [0.25, 0.3) is 17.2 Å². The zero-order chi connectivity index (χ0) is 55.5. The van der Waals surface area contributed by atoms with E-state index in [9.17, 15) is 0 Å². The fourth-order valence-corrected chi connectivity index (χ4v) is 31.9. The van der Waals surface area contributed by atoms with E-state index in [0.29, 0.717) is 17.0 Å². The van der Waals surface area contributed by atoms with Gasteiger partial charge in [-0.2, -0.15) is 0 Å². The summed E-state index contributed by atoms with van der Waals surface area (Å²) in [4.78, 5) is 0. The molecule has 3 aromatic rings. The number of rotatable bonds is 14. The number of hydrogen-bond acceptors (Lipinski definition) is 0. The van der Waals surface area contributed by atoms with Gasteiger partial charge in [-0.25, -0.2) is 0 Å². The van der Waals surface area contributed by atoms with Crippen LogP contribution < -0.4 is 37.7 Å². The molecule has 0 nitrogen and oxygen atoms in total. The molecule has 15 unspecified atom stereocenters. The first kappa shape index (κ1) is 64.2. The summed E-state index contributed by atoms with van der Waals surface area (Å²) < 4.78 is 0. The van der Waals surface area contributed by atoms with Gasteiger partial charge in [0.05, 0.1) is 24.2 Å². The van der Waals surface area contributed by atoms with Crippen LogP contribution in [0, 0.1) is 59.2 Å². The largest absolute Gasteiger partial charge is 1.00 e. The summed E-state index contributed by atoms with van der Waals surface area (Å²) in [6.07, 6.45) is 45.4. The van der Waals surface area contributed by atoms with E-state index in [0.717, 1.165) is 58.8 Å². The van der Waals surface area contributed by atoms with Crippen LogP contribution in [0.1, 0.15) is 242 Å². The minimum absolute atomic E-state index is 0. The number of fused-ring (bicyclic) bond motifs is 8. The van der Waals surface area contributed by atoms with Crippen molar-refractivity contribution in [3.8, 4) is 0 Å². The fourth-order valence-electron chi connectivity index (χ4n) is 21.0. The second-order valence-corrected chi connectivity index (χ2v) is 47.0. The number of allylic oxidation sites excluding steroid dienone is 5. The first-order chi connectivity index (χ1) is 37.9. The molecule has 10 aliphatic carbocycles. The van der Waals surface area contributed by atoms with Gasteiger partial charge in [-0.1, -0.05) is 244 Å². The van der Waals surface area contributed by atoms with Crippen molar-refractivity contribution >= 4 is 41.4 Å². The second-order valence-electron chi connectivity index (χ2n) is 31.6. The molecule has 0 saturated heterocycles. The Morgan fingerprint density at radius 2 is 1.00 bits per heavy atom. The smallest absolute Gasteiger partial charge is 0.0791 e. The molecule has 0 aromatic heterocycles. The zero-order valence-electron chi connectivity index (χ0n) is 55.1. The summed E-state index contributed by atoms with van der Waals surface area (Å²) in [5.41, 5.74) is 23.7. The number of benzene rings is 3. The summed E-state index contributed by atoms with van der Waals surface area (Å²) in [7, 11) is -4.05. The monoisotopic (exact) mass is 1120 g/mol. The number of hydrogen-bond donors (Lipinski definition) is 0. The van der Waals surface area contributed by atoms with Gasteiger partial charge in [0.2, 0.25) is 0 Å². The van der Waals surface area contributed by atoms with E-state index in [-0.39, 0.29) is 37.7 Å². The maximum absolute atomic E-state index is 2.91. The topological polar surface area (TPSA) is 0 Å². The Kier molecular flexibility index (Phi) is 21.1. The van der Waals surface area contributed by atoms with Gasteiger partial charge >= 0.3 is 37.7 Å². The summed E-state index contributed by atoms with van der Waals surface area (Å²) >= 11 is 0. The molecule has 3 aromatic carbocycles. The van der Waals surface area contributed by atoms with Crippen LogP contribution in [0.3, 0.4) is 0 Å². The molecule has 0 bridgehead atoms. The molecule has 0 spiro atoms. The standard InChI is InChI=1S/C28H50Si.C28H34Si.C20H30Si.2Li/c2*1-5-9-19(2)24-18-28(26-17-22-12-8-11-21(22)16-25(24)26)29(3,4)27-15-14-20-10-6-7-13-23(20)27;1-6-8-14(2)17-13-20(21(3,4)5)19-12-16-10-7-9-15(16)11-18(17)19;;/h19-28H,5-18H2,1-4H3;6-7,10,13-19,27-28H,5,8-9,11-12H2,1-4H3;11-14,20H,6-10H2,1-5H3;;/q;;;2*+1. The van der Waals surface area contributed by atoms with Crippen LogP contribution in [0.5, 0.6) is 0 Å². The summed E-state index contributed by atoms with van der Waals surface area (Å²) in [6.45, 7) is 33.3. The van der Waals surface area contributed by atoms with E-state index in [4.69, 9.17) is 0 Å². The Morgan fingerprint density at radius 1 is 0.469 bits per heavy atom. The van der Waals surface area contributed by atoms with Crippen molar-refractivity contribution in [2.45, 2.75) is 269 Å². The van der Waals surface area contributed by atoms with Gasteiger partial charge in [0.1, 0.15) is 0 Å². The summed E-state index contributed by atoms with van der Waals surface area (Å²) in [5.74, 6) is 10.3. The van der Waals surface area contributed by atoms with Crippen LogP contribution >= 0.6 is 0 Å². The average molecular weight is 1130 g/mol. The third-order valence-electron chi connectivity index (χ3n) is 25.2. The van der Waals surface area contributed by atoms with E-state index >= 15 is 0 Å². The van der Waals surface area contributed by atoms with Gasteiger partial charge in [0.15, 0.2) is 0 Å². The van der Waals surface area contributed by atoms with Crippen molar-refractivity contribution in [3.63, 3.8) is 0 Å². The maximum atomic E-state index is 2.91. The molecule has 430 valence electrons. The van der Waals surface area contributed by atoms with Crippen molar-refractivity contribution in [2.75, 3.05) is 0 Å². The molecule has 13 rings (SSSR count). The van der Waals surface area contributed by atoms with E-state index in [1.807, 2.05) is 0 Å². The predicted octanol–water partition coefficient (Wildman–Crippen LogP) is 16.6. The summed E-state index contributed by atoms with van der Waals surface area (Å²) in [5, 5.41) is 0. The zero-order valence-corrected chi connectivity index (χ0v) is 58.1. The third kappa shape index (κ3) is 12.6. The van der Waals surface area contributed by atoms with Crippen molar-refractivity contribution < 1.29 is 37.7 Å². The number of aryl methyl sites for hydroxylation is 4. The van der Waals surface area contributed by atoms with Crippen LogP contribution in [0.2, 0.25) is 56.9 Å². The van der Waals surface area contributed by atoms with Crippen molar-refractivity contribution in [2.24, 2.45) is 59.2 Å². The predicted molar refractivity (Wildman–Crippen MR) is 354 cm³/mol. The van der Waals surface area contributed by atoms with E-state index in [1.54, 1.807) is 138 Å². The Bertz CT molecular complexity index is 2730. The molecule has 0 N–H and O–H groups in total. The molecule has 0 heterocycles. The van der Waals surface area contributed by atoms with E-state index in [2.05, 4.69) is 160 Å². The van der Waals surface area contributed by atoms with Gasteiger partial charge in [0, 0.05) is 0 Å². The van der Waals surface area contributed by atoms with Crippen LogP contribution in [0.4, 0.5) is 0 Å². The van der Waals surface area contributed by atoms with E-state index in [1.165, 1.54) is 93.7 Å². The first-order valence-electron chi connectivity index (χ1n) is 34.4. The van der Waals surface area contributed by atoms with Crippen molar-refractivity contribution in [3.05, 3.63) is 122 Å². The van der Waals surface area contributed by atoms with Gasteiger partial charge in [-0.3, -0.25) is 0 Å². The molecule has 0 radical (unpaired) electrons. The maximum Gasteiger partial charge on any atom is 1.00 e. The Balaban J connectivity index is 0.000000147. The molecular formula is C76H114Li2Si3+2. The molecule has 81 heavy (non-hydrogen) atoms. The molecular weight excluding hydrogens is 1010 g/mol. The molecule has 5 saturated carbocycles. The van der Waals surface area contributed by atoms with Crippen LogP contribution in [0.15, 0.2) is 66.8 Å². The summed E-state index contributed by atoms with van der Waals surface area (Å²) in [6, 6.07) is 19.4. The van der Waals surface area contributed by atoms with Crippen LogP contribution in [-0.4, -0.2) is 24.2 Å². The SMILES string of the molecule is CCCC(C)C1=CC([Si](C)(C)C)c2cc3c(cc21)CCC3.CCCC(C)C1=CC([Si](C)(C)C2C=Cc3ccccc32)c2cc3c(cc21)CCC3.CCCC(C)C1CC([Si](C)(C)C2CCC3CCCCC32)C2CC3CCCC3CC12.[Li+].[Li+]. The molecule has 0 aliphatic heterocycles. The molecule has 5 fully saturated rings. The molecule has 5 heteroatoms. The van der Waals surface area contributed by atoms with Gasteiger partial charge in [-0.05, 0) is 224 Å². The molecule has 0 amide bonds. The fraction of sp³-hybridized carbons (Fsp3) is 0.684. The van der Waals surface area contributed by atoms with Crippen molar-refractivity contribution in [1.82, 2.24) is 0 Å². The van der Waals surface area contributed by atoms with Gasteiger partial charge < -0.3 is 0 Å². The Labute approximate surface area is 525 Å². The van der Waals surface area contributed by atoms with Gasteiger partial charge in [0.25, 0.3) is 0 Å². The molecule has 15 atom stereocenters. The average Bonchev–Trinajstić information content (AvgIpc) is 4.48. The quantitative estimate of drug-likeness (QED) is 0.141. The molecule has 10 aliphatic rings. The Hall–Kier alpha value is -1.27. The normalized spacial score (nSPS) is 31.2. The van der Waals surface area contributed by atoms with E-state index < -0.39 is 24.2 Å². The van der Waals surface area contributed by atoms with Gasteiger partial charge in [-0.15, -0.1) is 0 Å². The minimum atomic E-state index is -1.65.